The van der Waals surface area contributed by atoms with E-state index in [9.17, 15) is 12.3 Å². The van der Waals surface area contributed by atoms with Crippen LogP contribution in [-0.2, 0) is 15.1 Å². The van der Waals surface area contributed by atoms with Gasteiger partial charge in [0.15, 0.2) is 6.10 Å². The fraction of sp³-hybridized carbons (Fsp3) is 0.800. The summed E-state index contributed by atoms with van der Waals surface area (Å²) in [5.41, 5.74) is 0. The molecule has 68 valence electrons. The van der Waals surface area contributed by atoms with Crippen LogP contribution >= 0.6 is 0 Å². The average Bonchev–Trinajstić information content (AvgIpc) is 2.03. The van der Waals surface area contributed by atoms with Crippen molar-refractivity contribution >= 4 is 10.4 Å². The van der Waals surface area contributed by atoms with Gasteiger partial charge >= 0.3 is 10.4 Å². The van der Waals surface area contributed by atoms with Crippen molar-refractivity contribution in [2.75, 3.05) is 19.7 Å². The van der Waals surface area contributed by atoms with Crippen molar-refractivity contribution in [3.8, 4) is 6.07 Å². The smallest absolute Gasteiger partial charge is 0.361 e. The molecule has 0 aliphatic carbocycles. The van der Waals surface area contributed by atoms with Gasteiger partial charge in [0.25, 0.3) is 0 Å². The van der Waals surface area contributed by atoms with Crippen LogP contribution in [0.4, 0.5) is 3.89 Å². The summed E-state index contributed by atoms with van der Waals surface area (Å²) in [6, 6.07) is 1.71. The third-order valence-electron chi connectivity index (χ3n) is 1.48. The molecule has 1 atom stereocenters. The zero-order valence-corrected chi connectivity index (χ0v) is 6.92. The largest absolute Gasteiger partial charge is 0.374 e. The molecule has 1 fully saturated rings. The van der Waals surface area contributed by atoms with Gasteiger partial charge in [-0.3, -0.25) is 0 Å². The molecule has 1 saturated heterocycles. The van der Waals surface area contributed by atoms with Gasteiger partial charge in [0, 0.05) is 6.54 Å². The van der Waals surface area contributed by atoms with Gasteiger partial charge in [-0.1, -0.05) is 3.89 Å². The highest BCUT2D eigenvalue weighted by Crippen LogP contribution is 2.10. The van der Waals surface area contributed by atoms with Crippen molar-refractivity contribution in [1.82, 2.24) is 4.31 Å². The predicted octanol–water partition coefficient (Wildman–Crippen LogP) is -0.575. The van der Waals surface area contributed by atoms with E-state index in [-0.39, 0.29) is 19.7 Å². The second-order valence-electron chi connectivity index (χ2n) is 2.29. The van der Waals surface area contributed by atoms with Crippen molar-refractivity contribution in [3.05, 3.63) is 0 Å². The monoisotopic (exact) mass is 194 g/mol. The molecule has 0 amide bonds. The van der Waals surface area contributed by atoms with E-state index >= 15 is 0 Å². The molecule has 7 heteroatoms. The summed E-state index contributed by atoms with van der Waals surface area (Å²) in [6.07, 6.45) is -0.857. The van der Waals surface area contributed by atoms with Crippen molar-refractivity contribution in [3.63, 3.8) is 0 Å². The maximum atomic E-state index is 12.3. The van der Waals surface area contributed by atoms with Crippen molar-refractivity contribution < 1.29 is 17.0 Å². The lowest BCUT2D eigenvalue weighted by atomic mass is 10.3. The van der Waals surface area contributed by atoms with E-state index in [1.165, 1.54) is 0 Å². The molecule has 0 saturated carbocycles. The second kappa shape index (κ2) is 3.35. The fourth-order valence-corrected chi connectivity index (χ4v) is 1.51. The number of hydrogen-bond donors (Lipinski definition) is 0. The molecule has 0 aromatic heterocycles. The van der Waals surface area contributed by atoms with Crippen molar-refractivity contribution in [2.24, 2.45) is 0 Å². The van der Waals surface area contributed by atoms with E-state index in [2.05, 4.69) is 0 Å². The molecular formula is C5H7FN2O3S. The zero-order valence-electron chi connectivity index (χ0n) is 6.10. The summed E-state index contributed by atoms with van der Waals surface area (Å²) in [7, 11) is -4.67. The van der Waals surface area contributed by atoms with Crippen LogP contribution in [0.5, 0.6) is 0 Å². The molecule has 12 heavy (non-hydrogen) atoms. The molecule has 0 aromatic carbocycles. The Balaban J connectivity index is 2.66. The molecule has 0 radical (unpaired) electrons. The molecule has 1 heterocycles. The van der Waals surface area contributed by atoms with Gasteiger partial charge < -0.3 is 4.74 Å². The highest BCUT2D eigenvalue weighted by atomic mass is 32.3. The Bertz CT molecular complexity index is 296. The van der Waals surface area contributed by atoms with Gasteiger partial charge in [0.1, 0.15) is 0 Å². The number of morpholine rings is 1. The van der Waals surface area contributed by atoms with Crippen LogP contribution in [0, 0.1) is 11.3 Å². The highest BCUT2D eigenvalue weighted by molar-refractivity contribution is 7.83. The van der Waals surface area contributed by atoms with Crippen LogP contribution in [0.1, 0.15) is 0 Å². The van der Waals surface area contributed by atoms with Crippen LogP contribution in [-0.4, -0.2) is 38.5 Å². The summed E-state index contributed by atoms with van der Waals surface area (Å²) in [5, 5.41) is 8.36. The summed E-state index contributed by atoms with van der Waals surface area (Å²) < 4.78 is 38.4. The van der Waals surface area contributed by atoms with Gasteiger partial charge in [-0.15, -0.1) is 0 Å². The first-order valence-electron chi connectivity index (χ1n) is 3.25. The minimum Gasteiger partial charge on any atom is -0.361 e. The van der Waals surface area contributed by atoms with Crippen molar-refractivity contribution in [2.45, 2.75) is 6.10 Å². The summed E-state index contributed by atoms with van der Waals surface area (Å²) in [6.45, 7) is -0.201. The minimum atomic E-state index is -4.67. The fourth-order valence-electron chi connectivity index (χ4n) is 0.902. The van der Waals surface area contributed by atoms with Gasteiger partial charge in [0.2, 0.25) is 0 Å². The van der Waals surface area contributed by atoms with Gasteiger partial charge in [0.05, 0.1) is 19.2 Å². The lowest BCUT2D eigenvalue weighted by molar-refractivity contribution is 0.0295. The second-order valence-corrected chi connectivity index (χ2v) is 3.63. The first kappa shape index (κ1) is 9.38. The first-order valence-corrected chi connectivity index (χ1v) is 4.59. The van der Waals surface area contributed by atoms with Crippen LogP contribution in [0.15, 0.2) is 0 Å². The molecule has 0 spiro atoms. The molecule has 5 nitrogen and oxygen atoms in total. The third kappa shape index (κ3) is 2.14. The Labute approximate surface area is 69.7 Å². The molecule has 1 rings (SSSR count). The van der Waals surface area contributed by atoms with Crippen LogP contribution < -0.4 is 0 Å². The Kier molecular flexibility index (Phi) is 2.62. The summed E-state index contributed by atoms with van der Waals surface area (Å²) >= 11 is 0. The predicted molar refractivity (Wildman–Crippen MR) is 37.0 cm³/mol. The van der Waals surface area contributed by atoms with E-state index < -0.39 is 16.5 Å². The zero-order chi connectivity index (χ0) is 9.19. The van der Waals surface area contributed by atoms with Crippen LogP contribution in [0.2, 0.25) is 0 Å². The lowest BCUT2D eigenvalue weighted by Crippen LogP contribution is -2.43. The Hall–Kier alpha value is -0.710. The highest BCUT2D eigenvalue weighted by Gasteiger charge is 2.28. The van der Waals surface area contributed by atoms with E-state index in [4.69, 9.17) is 10.00 Å². The third-order valence-corrected chi connectivity index (χ3v) is 2.43. The molecular weight excluding hydrogens is 187 g/mol. The Morgan fingerprint density at radius 1 is 1.67 bits per heavy atom. The van der Waals surface area contributed by atoms with Gasteiger partial charge in [-0.05, 0) is 0 Å². The topological polar surface area (TPSA) is 70.4 Å². The van der Waals surface area contributed by atoms with Gasteiger partial charge in [-0.25, -0.2) is 0 Å². The van der Waals surface area contributed by atoms with E-state index in [0.29, 0.717) is 4.31 Å². The number of ether oxygens (including phenoxy) is 1. The molecule has 0 bridgehead atoms. The molecule has 1 aliphatic rings. The normalized spacial score (nSPS) is 26.5. The molecule has 1 aliphatic heterocycles. The Morgan fingerprint density at radius 3 is 2.83 bits per heavy atom. The van der Waals surface area contributed by atoms with Crippen LogP contribution in [0.25, 0.3) is 0 Å². The van der Waals surface area contributed by atoms with E-state index in [1.807, 2.05) is 0 Å². The maximum Gasteiger partial charge on any atom is 0.374 e. The number of halogens is 1. The summed E-state index contributed by atoms with van der Waals surface area (Å²) in [4.78, 5) is 0. The van der Waals surface area contributed by atoms with E-state index in [1.54, 1.807) is 6.07 Å². The maximum absolute atomic E-state index is 12.3. The number of nitriles is 1. The lowest BCUT2D eigenvalue weighted by Gasteiger charge is -2.25. The van der Waals surface area contributed by atoms with E-state index in [0.717, 1.165) is 0 Å². The van der Waals surface area contributed by atoms with Crippen molar-refractivity contribution in [1.29, 1.82) is 5.26 Å². The minimum absolute atomic E-state index is 0.0307. The number of rotatable bonds is 1. The Morgan fingerprint density at radius 2 is 2.33 bits per heavy atom. The van der Waals surface area contributed by atoms with Crippen LogP contribution in [0.3, 0.4) is 0 Å². The number of hydrogen-bond acceptors (Lipinski definition) is 4. The molecule has 0 aromatic rings. The quantitative estimate of drug-likeness (QED) is 0.524. The molecule has 1 unspecified atom stereocenters. The van der Waals surface area contributed by atoms with Gasteiger partial charge in [-0.2, -0.15) is 18.0 Å². The average molecular weight is 194 g/mol. The number of nitrogens with zero attached hydrogens (tertiary/aromatic N) is 2. The standard InChI is InChI=1S/C5H7FN2O3S/c6-12(9,10)8-1-2-11-5(3-7)4-8/h5H,1-2,4H2. The summed E-state index contributed by atoms with van der Waals surface area (Å²) in [5.74, 6) is 0. The SMILES string of the molecule is N#CC1CN(S(=O)(=O)F)CCO1. The molecule has 0 N–H and O–H groups in total. The first-order chi connectivity index (χ1) is 5.54.